The molecule has 0 spiro atoms. The first-order chi connectivity index (χ1) is 15.0. The van der Waals surface area contributed by atoms with Gasteiger partial charge in [-0.15, -0.1) is 10.7 Å². The Morgan fingerprint density at radius 3 is 2.71 bits per heavy atom. The summed E-state index contributed by atoms with van der Waals surface area (Å²) in [6.07, 6.45) is 4.24. The Hall–Kier alpha value is -3.07. The molecule has 4 rings (SSSR count). The average molecular weight is 445 g/mol. The number of rotatable bonds is 2. The summed E-state index contributed by atoms with van der Waals surface area (Å²) >= 11 is 0. The molecule has 0 fully saturated rings. The van der Waals surface area contributed by atoms with E-state index < -0.39 is 22.3 Å². The second-order valence-electron chi connectivity index (χ2n) is 7.18. The second-order valence-corrected chi connectivity index (χ2v) is 8.75. The van der Waals surface area contributed by atoms with Crippen molar-refractivity contribution >= 4 is 22.3 Å². The Kier molecular flexibility index (Phi) is 6.41. The molecule has 4 bridgehead atoms. The number of aromatic nitrogens is 2. The van der Waals surface area contributed by atoms with Gasteiger partial charge >= 0.3 is 0 Å². The van der Waals surface area contributed by atoms with Gasteiger partial charge in [-0.2, -0.15) is 0 Å². The van der Waals surface area contributed by atoms with E-state index in [2.05, 4.69) is 15.3 Å². The molecule has 1 atom stereocenters. The van der Waals surface area contributed by atoms with Crippen molar-refractivity contribution in [2.45, 2.75) is 18.6 Å². The van der Waals surface area contributed by atoms with Crippen molar-refractivity contribution in [1.29, 1.82) is 4.78 Å². The van der Waals surface area contributed by atoms with Crippen molar-refractivity contribution < 1.29 is 18.3 Å². The van der Waals surface area contributed by atoms with Crippen molar-refractivity contribution in [3.05, 3.63) is 59.8 Å². The molecule has 6 nitrogen and oxygen atoms in total. The molecule has 0 saturated heterocycles. The van der Waals surface area contributed by atoms with Crippen molar-refractivity contribution in [3.63, 3.8) is 0 Å². The van der Waals surface area contributed by atoms with E-state index in [1.54, 1.807) is 6.07 Å². The number of para-hydroxylation sites is 1. The van der Waals surface area contributed by atoms with Crippen LogP contribution in [0.1, 0.15) is 18.4 Å². The molecule has 1 aromatic heterocycles. The molecule has 2 N–H and O–H groups in total. The van der Waals surface area contributed by atoms with Crippen LogP contribution in [0.3, 0.4) is 0 Å². The van der Waals surface area contributed by atoms with Crippen LogP contribution in [-0.4, -0.2) is 29.4 Å². The summed E-state index contributed by atoms with van der Waals surface area (Å²) in [5.74, 6) is 0.126. The van der Waals surface area contributed by atoms with Gasteiger partial charge in [0.05, 0.1) is 19.4 Å². The van der Waals surface area contributed by atoms with Gasteiger partial charge in [0.2, 0.25) is 5.95 Å². The van der Waals surface area contributed by atoms with Crippen LogP contribution >= 0.6 is 0 Å². The van der Waals surface area contributed by atoms with E-state index in [0.29, 0.717) is 36.6 Å². The molecule has 0 amide bonds. The molecule has 2 heterocycles. The van der Waals surface area contributed by atoms with Crippen LogP contribution in [0.25, 0.3) is 11.3 Å². The van der Waals surface area contributed by atoms with E-state index in [9.17, 15) is 8.78 Å². The number of nitrogens with zero attached hydrogens (tertiary/aromatic N) is 2. The second kappa shape index (κ2) is 9.38. The number of hydrogen-bond acceptors (Lipinski definition) is 6. The number of anilines is 2. The van der Waals surface area contributed by atoms with Gasteiger partial charge < -0.3 is 14.8 Å². The predicted molar refractivity (Wildman–Crippen MR) is 117 cm³/mol. The Labute approximate surface area is 181 Å². The first-order valence-corrected chi connectivity index (χ1v) is 11.6. The zero-order valence-corrected chi connectivity index (χ0v) is 17.8. The molecule has 9 heteroatoms. The fourth-order valence-electron chi connectivity index (χ4n) is 3.31. The molecule has 0 saturated carbocycles. The minimum atomic E-state index is -0.674. The zero-order valence-electron chi connectivity index (χ0n) is 17.0. The smallest absolute Gasteiger partial charge is 0.227 e. The Morgan fingerprint density at radius 1 is 1.10 bits per heavy atom. The molecule has 1 aliphatic heterocycles. The van der Waals surface area contributed by atoms with E-state index in [4.69, 9.17) is 14.3 Å². The Balaban J connectivity index is 1.79. The maximum absolute atomic E-state index is 14.6. The summed E-state index contributed by atoms with van der Waals surface area (Å²) in [4.78, 5) is 8.32. The molecule has 0 radical (unpaired) electrons. The third-order valence-electron chi connectivity index (χ3n) is 4.63. The maximum Gasteiger partial charge on any atom is 0.227 e. The van der Waals surface area contributed by atoms with Crippen LogP contribution in [0.4, 0.5) is 20.4 Å². The largest absolute Gasteiger partial charge is 0.494 e. The van der Waals surface area contributed by atoms with Gasteiger partial charge in [0.1, 0.15) is 11.4 Å². The minimum Gasteiger partial charge on any atom is -0.494 e. The molecule has 162 valence electrons. The average Bonchev–Trinajstić information content (AvgIpc) is 2.72. The number of hydrogen-bond donors (Lipinski definition) is 2. The Morgan fingerprint density at radius 2 is 1.90 bits per heavy atom. The van der Waals surface area contributed by atoms with Crippen molar-refractivity contribution in [2.75, 3.05) is 24.8 Å². The van der Waals surface area contributed by atoms with Gasteiger partial charge in [0, 0.05) is 23.1 Å². The predicted octanol–water partition coefficient (Wildman–Crippen LogP) is 5.23. The van der Waals surface area contributed by atoms with Gasteiger partial charge in [-0.05, 0) is 48.9 Å². The first kappa shape index (κ1) is 21.2. The van der Waals surface area contributed by atoms with Gasteiger partial charge in [-0.25, -0.2) is 18.7 Å². The van der Waals surface area contributed by atoms with Gasteiger partial charge in [-0.1, -0.05) is 6.07 Å². The Bertz CT molecular complexity index is 1130. The number of fused-ring (bicyclic) bond motifs is 6. The van der Waals surface area contributed by atoms with Crippen molar-refractivity contribution in [2.24, 2.45) is 0 Å². The summed E-state index contributed by atoms with van der Waals surface area (Å²) in [5.41, 5.74) is 1.80. The highest BCUT2D eigenvalue weighted by Gasteiger charge is 2.18. The van der Waals surface area contributed by atoms with Crippen LogP contribution in [-0.2, 0) is 16.4 Å². The van der Waals surface area contributed by atoms with E-state index in [1.807, 2.05) is 24.5 Å². The fourth-order valence-corrected chi connectivity index (χ4v) is 3.97. The topological polar surface area (TPSA) is 80.1 Å². The summed E-state index contributed by atoms with van der Waals surface area (Å²) in [7, 11) is -0.532. The SMILES string of the molecule is CS(=N)Cc1cc2cc(c1)OCCCCOc1c(F)cccc1-c1nc(ncc1F)N2. The maximum atomic E-state index is 14.6. The van der Waals surface area contributed by atoms with Crippen LogP contribution in [0.5, 0.6) is 11.5 Å². The number of halogens is 2. The molecule has 2 aromatic carbocycles. The van der Waals surface area contributed by atoms with Gasteiger partial charge in [0.25, 0.3) is 0 Å². The van der Waals surface area contributed by atoms with Crippen LogP contribution in [0, 0.1) is 16.4 Å². The molecule has 1 unspecified atom stereocenters. The van der Waals surface area contributed by atoms with Gasteiger partial charge in [0.15, 0.2) is 17.4 Å². The molecule has 3 aromatic rings. The van der Waals surface area contributed by atoms with Crippen molar-refractivity contribution in [3.8, 4) is 22.8 Å². The number of ether oxygens (including phenoxy) is 2. The number of nitrogens with one attached hydrogen (secondary N) is 2. The monoisotopic (exact) mass is 444 g/mol. The van der Waals surface area contributed by atoms with E-state index in [0.717, 1.165) is 11.8 Å². The van der Waals surface area contributed by atoms with Crippen LogP contribution in [0.2, 0.25) is 0 Å². The lowest BCUT2D eigenvalue weighted by Crippen LogP contribution is -2.05. The summed E-state index contributed by atoms with van der Waals surface area (Å²) in [5, 5.41) is 3.08. The normalized spacial score (nSPS) is 14.7. The third-order valence-corrected chi connectivity index (χ3v) is 5.39. The van der Waals surface area contributed by atoms with Crippen LogP contribution < -0.4 is 14.8 Å². The van der Waals surface area contributed by atoms with E-state index in [-0.39, 0.29) is 29.6 Å². The highest BCUT2D eigenvalue weighted by Crippen LogP contribution is 2.34. The van der Waals surface area contributed by atoms with Crippen molar-refractivity contribution in [1.82, 2.24) is 9.97 Å². The lowest BCUT2D eigenvalue weighted by Gasteiger charge is -2.13. The standard InChI is InChI=1S/C22H22F2N4O2S/c1-31(25)13-14-9-15-11-16(10-14)29-7-2-3-8-30-21-17(5-4-6-18(21)23)20-19(24)12-26-22(27-15)28-20/h4-6,9-12,25H,2-3,7-8,13H2,1H3,(H,26,27,28). The molecule has 1 aliphatic rings. The van der Waals surface area contributed by atoms with Gasteiger partial charge in [-0.3, -0.25) is 4.78 Å². The summed E-state index contributed by atoms with van der Waals surface area (Å²) in [6, 6.07) is 9.97. The highest BCUT2D eigenvalue weighted by atomic mass is 32.2. The third kappa shape index (κ3) is 5.16. The molecular weight excluding hydrogens is 422 g/mol. The molecule has 31 heavy (non-hydrogen) atoms. The molecular formula is C22H22F2N4O2S. The van der Waals surface area contributed by atoms with E-state index >= 15 is 0 Å². The lowest BCUT2D eigenvalue weighted by atomic mass is 10.1. The van der Waals surface area contributed by atoms with E-state index in [1.165, 1.54) is 12.1 Å². The number of benzene rings is 2. The highest BCUT2D eigenvalue weighted by molar-refractivity contribution is 7.84. The minimum absolute atomic E-state index is 0.0323. The summed E-state index contributed by atoms with van der Waals surface area (Å²) in [6.45, 7) is 0.728. The molecule has 0 aliphatic carbocycles. The first-order valence-electron chi connectivity index (χ1n) is 9.81. The summed E-state index contributed by atoms with van der Waals surface area (Å²) < 4.78 is 48.5. The van der Waals surface area contributed by atoms with Crippen LogP contribution in [0.15, 0.2) is 42.6 Å². The lowest BCUT2D eigenvalue weighted by molar-refractivity contribution is 0.260. The fraction of sp³-hybridized carbons (Fsp3) is 0.273. The quantitative estimate of drug-likeness (QED) is 0.566. The zero-order chi connectivity index (χ0) is 21.8.